The molecule has 0 radical (unpaired) electrons. The van der Waals surface area contributed by atoms with Gasteiger partial charge in [-0.15, -0.1) is 0 Å². The Morgan fingerprint density at radius 2 is 2.29 bits per heavy atom. The van der Waals surface area contributed by atoms with Crippen LogP contribution in [0.4, 0.5) is 5.69 Å². The van der Waals surface area contributed by atoms with Crippen molar-refractivity contribution in [1.29, 1.82) is 0 Å². The van der Waals surface area contributed by atoms with Crippen molar-refractivity contribution in [2.24, 2.45) is 0 Å². The number of anilines is 1. The van der Waals surface area contributed by atoms with Crippen molar-refractivity contribution in [2.75, 3.05) is 5.32 Å². The number of alkyl halides is 1. The highest BCUT2D eigenvalue weighted by Crippen LogP contribution is 2.30. The molecular weight excluding hydrogens is 214 g/mol. The van der Waals surface area contributed by atoms with Crippen LogP contribution in [0.2, 0.25) is 0 Å². The second-order valence-electron chi connectivity index (χ2n) is 3.43. The number of hydrogen-bond donors (Lipinski definition) is 1. The second-order valence-corrected chi connectivity index (χ2v) is 4.30. The van der Waals surface area contributed by atoms with Gasteiger partial charge in [-0.2, -0.15) is 0 Å². The molecule has 0 saturated heterocycles. The van der Waals surface area contributed by atoms with Crippen LogP contribution in [-0.4, -0.2) is 10.4 Å². The molecule has 0 aromatic heterocycles. The quantitative estimate of drug-likeness (QED) is 0.445. The summed E-state index contributed by atoms with van der Waals surface area (Å²) < 4.78 is 0. The minimum Gasteiger partial charge on any atom is -0.359 e. The Balaban J connectivity index is 2.46. The molecule has 0 aliphatic carbocycles. The number of hydrogen-bond acceptors (Lipinski definition) is 2. The summed E-state index contributed by atoms with van der Waals surface area (Å²) in [6.07, 6.45) is 3.85. The molecule has 1 aromatic rings. The molecule has 1 aliphatic heterocycles. The smallest absolute Gasteiger partial charge is 0.160 e. The van der Waals surface area contributed by atoms with E-state index < -0.39 is 5.00 Å². The number of thiocarbonyl (C=S) groups is 1. The Hall–Kier alpha value is -0.860. The third kappa shape index (κ3) is 1.68. The molecule has 3 heteroatoms. The molecule has 72 valence electrons. The first kappa shape index (κ1) is 9.69. The van der Waals surface area contributed by atoms with Gasteiger partial charge >= 0.3 is 0 Å². The number of rotatable bonds is 1. The number of nitrogens with one attached hydrogen (secondary N) is 1. The van der Waals surface area contributed by atoms with E-state index in [1.807, 2.05) is 19.1 Å². The van der Waals surface area contributed by atoms with Gasteiger partial charge in [0.05, 0.1) is 0 Å². The maximum Gasteiger partial charge on any atom is 0.160 e. The Labute approximate surface area is 93.8 Å². The summed E-state index contributed by atoms with van der Waals surface area (Å²) in [6.45, 7) is 2.05. The summed E-state index contributed by atoms with van der Waals surface area (Å²) >= 11 is 11.1. The molecule has 1 atom stereocenters. The fourth-order valence-electron chi connectivity index (χ4n) is 1.45. The van der Waals surface area contributed by atoms with E-state index in [0.29, 0.717) is 0 Å². The summed E-state index contributed by atoms with van der Waals surface area (Å²) in [4.78, 5) is -0.712. The van der Waals surface area contributed by atoms with Gasteiger partial charge in [0.25, 0.3) is 0 Å². The van der Waals surface area contributed by atoms with Crippen LogP contribution >= 0.6 is 23.8 Å². The van der Waals surface area contributed by atoms with Crippen LogP contribution in [0, 0.1) is 6.92 Å². The maximum atomic E-state index is 6.18. The molecule has 1 unspecified atom stereocenters. The minimum atomic E-state index is -0.712. The van der Waals surface area contributed by atoms with Gasteiger partial charge in [0.2, 0.25) is 0 Å². The molecule has 0 amide bonds. The fraction of sp³-hybridized carbons (Fsp3) is 0.182. The largest absolute Gasteiger partial charge is 0.359 e. The molecule has 0 spiro atoms. The molecule has 1 aliphatic rings. The lowest BCUT2D eigenvalue weighted by molar-refractivity contribution is 1.09. The van der Waals surface area contributed by atoms with E-state index in [4.69, 9.17) is 23.8 Å². The van der Waals surface area contributed by atoms with E-state index in [-0.39, 0.29) is 0 Å². The number of halogens is 1. The van der Waals surface area contributed by atoms with Gasteiger partial charge in [-0.3, -0.25) is 0 Å². The Morgan fingerprint density at radius 3 is 3.00 bits per heavy atom. The van der Waals surface area contributed by atoms with Crippen molar-refractivity contribution in [2.45, 2.75) is 11.9 Å². The molecule has 0 saturated carbocycles. The summed E-state index contributed by atoms with van der Waals surface area (Å²) in [5, 5.41) is 4.71. The van der Waals surface area contributed by atoms with Gasteiger partial charge in [-0.05, 0) is 30.2 Å². The van der Waals surface area contributed by atoms with Crippen LogP contribution in [0.15, 0.2) is 24.3 Å². The predicted molar refractivity (Wildman–Crippen MR) is 66.1 cm³/mol. The lowest BCUT2D eigenvalue weighted by Crippen LogP contribution is -2.32. The van der Waals surface area contributed by atoms with Crippen LogP contribution in [0.5, 0.6) is 0 Å². The zero-order chi connectivity index (χ0) is 10.2. The van der Waals surface area contributed by atoms with E-state index in [0.717, 1.165) is 11.3 Å². The van der Waals surface area contributed by atoms with Gasteiger partial charge in [0, 0.05) is 11.1 Å². The van der Waals surface area contributed by atoms with Crippen molar-refractivity contribution in [3.63, 3.8) is 0 Å². The third-order valence-electron chi connectivity index (χ3n) is 2.21. The minimum absolute atomic E-state index is 0.712. The third-order valence-corrected chi connectivity index (χ3v) is 3.04. The molecule has 1 aromatic carbocycles. The highest BCUT2D eigenvalue weighted by Gasteiger charge is 2.24. The molecule has 2 rings (SSSR count). The van der Waals surface area contributed by atoms with E-state index in [1.54, 1.807) is 0 Å². The Morgan fingerprint density at radius 1 is 1.50 bits per heavy atom. The summed E-state index contributed by atoms with van der Waals surface area (Å²) in [6, 6.07) is 6.20. The van der Waals surface area contributed by atoms with Crippen molar-refractivity contribution in [1.82, 2.24) is 0 Å². The van der Waals surface area contributed by atoms with Crippen LogP contribution in [0.3, 0.4) is 0 Å². The lowest BCUT2D eigenvalue weighted by Gasteiger charge is -2.26. The van der Waals surface area contributed by atoms with Gasteiger partial charge in [-0.25, -0.2) is 0 Å². The standard InChI is InChI=1S/C11H10ClNS/c1-8-2-3-9-4-5-11(12,7-14)13-10(9)6-8/h2-7,13H,1H3. The molecule has 1 heterocycles. The first-order chi connectivity index (χ1) is 6.63. The van der Waals surface area contributed by atoms with E-state index >= 15 is 0 Å². The van der Waals surface area contributed by atoms with Gasteiger partial charge in [0.1, 0.15) is 0 Å². The van der Waals surface area contributed by atoms with E-state index in [9.17, 15) is 0 Å². The van der Waals surface area contributed by atoms with Crippen molar-refractivity contribution in [3.8, 4) is 0 Å². The van der Waals surface area contributed by atoms with Gasteiger partial charge in [-0.1, -0.05) is 42.0 Å². The first-order valence-corrected chi connectivity index (χ1v) is 5.21. The second kappa shape index (κ2) is 3.37. The fourth-order valence-corrected chi connectivity index (χ4v) is 1.75. The Bertz CT molecular complexity index is 414. The van der Waals surface area contributed by atoms with E-state index in [2.05, 4.69) is 23.5 Å². The lowest BCUT2D eigenvalue weighted by atomic mass is 10.0. The van der Waals surface area contributed by atoms with Crippen molar-refractivity contribution >= 4 is 40.9 Å². The van der Waals surface area contributed by atoms with Crippen molar-refractivity contribution < 1.29 is 0 Å². The molecular formula is C11H10ClNS. The predicted octanol–water partition coefficient (Wildman–Crippen LogP) is 3.37. The average molecular weight is 224 g/mol. The first-order valence-electron chi connectivity index (χ1n) is 4.36. The summed E-state index contributed by atoms with van der Waals surface area (Å²) in [5.74, 6) is 0. The highest BCUT2D eigenvalue weighted by molar-refractivity contribution is 7.79. The van der Waals surface area contributed by atoms with Crippen molar-refractivity contribution in [3.05, 3.63) is 35.4 Å². The number of aryl methyl sites for hydroxylation is 1. The zero-order valence-corrected chi connectivity index (χ0v) is 9.32. The molecule has 1 N–H and O–H groups in total. The van der Waals surface area contributed by atoms with Crippen LogP contribution < -0.4 is 5.32 Å². The van der Waals surface area contributed by atoms with E-state index in [1.165, 1.54) is 10.9 Å². The average Bonchev–Trinajstić information content (AvgIpc) is 2.17. The zero-order valence-electron chi connectivity index (χ0n) is 7.75. The molecule has 1 nitrogen and oxygen atoms in total. The Kier molecular flexibility index (Phi) is 2.33. The normalized spacial score (nSPS) is 23.9. The molecule has 14 heavy (non-hydrogen) atoms. The highest BCUT2D eigenvalue weighted by atomic mass is 35.5. The summed E-state index contributed by atoms with van der Waals surface area (Å²) in [7, 11) is 0. The number of benzene rings is 1. The monoisotopic (exact) mass is 223 g/mol. The maximum absolute atomic E-state index is 6.18. The summed E-state index contributed by atoms with van der Waals surface area (Å²) in [5.41, 5.74) is 3.38. The molecule has 0 fully saturated rings. The molecule has 0 bridgehead atoms. The van der Waals surface area contributed by atoms with Crippen LogP contribution in [0.25, 0.3) is 6.08 Å². The number of fused-ring (bicyclic) bond motifs is 1. The SMILES string of the molecule is Cc1ccc2c(c1)NC(Cl)(C=S)C=C2. The van der Waals surface area contributed by atoms with Crippen LogP contribution in [-0.2, 0) is 0 Å². The van der Waals surface area contributed by atoms with Gasteiger partial charge < -0.3 is 5.32 Å². The van der Waals surface area contributed by atoms with Crippen LogP contribution in [0.1, 0.15) is 11.1 Å². The van der Waals surface area contributed by atoms with Gasteiger partial charge in [0.15, 0.2) is 5.00 Å². The topological polar surface area (TPSA) is 12.0 Å².